The average Bonchev–Trinajstić information content (AvgIpc) is 3.09. The monoisotopic (exact) mass is 388 g/mol. The number of nitrogens with one attached hydrogen (secondary N) is 1. The third kappa shape index (κ3) is 3.60. The molecule has 0 saturated heterocycles. The highest BCUT2D eigenvalue weighted by Crippen LogP contribution is 2.30. The largest absolute Gasteiger partial charge is 0.416 e. The van der Waals surface area contributed by atoms with E-state index in [4.69, 9.17) is 0 Å². The molecule has 1 aromatic carbocycles. The molecule has 1 aliphatic heterocycles. The van der Waals surface area contributed by atoms with Crippen molar-refractivity contribution in [1.82, 2.24) is 19.4 Å². The van der Waals surface area contributed by atoms with Crippen LogP contribution in [0.15, 0.2) is 47.4 Å². The molecule has 1 N–H and O–H groups in total. The minimum Gasteiger partial charge on any atom is -0.320 e. The van der Waals surface area contributed by atoms with Crippen molar-refractivity contribution in [3.8, 4) is 5.69 Å². The van der Waals surface area contributed by atoms with E-state index < -0.39 is 11.7 Å². The maximum atomic E-state index is 12.8. The van der Waals surface area contributed by atoms with Gasteiger partial charge < -0.3 is 9.55 Å². The lowest BCUT2D eigenvalue weighted by molar-refractivity contribution is -0.137. The summed E-state index contributed by atoms with van der Waals surface area (Å²) in [5.41, 5.74) is 2.37. The van der Waals surface area contributed by atoms with Crippen LogP contribution in [0.1, 0.15) is 28.3 Å². The molecule has 2 aromatic heterocycles. The van der Waals surface area contributed by atoms with Crippen LogP contribution in [0, 0.1) is 6.92 Å². The standard InChI is InChI=1S/C20H19F3N4O/c1-13-24-18-8-10-26(12-17(18)19(28)25-13)11-16-3-2-9-27(16)15-6-4-14(5-7-15)20(21,22)23/h2-7,9H,8,10-12H2,1H3,(H,24,25,28). The van der Waals surface area contributed by atoms with E-state index in [0.717, 1.165) is 30.1 Å². The Morgan fingerprint density at radius 2 is 1.93 bits per heavy atom. The van der Waals surface area contributed by atoms with Crippen LogP contribution >= 0.6 is 0 Å². The van der Waals surface area contributed by atoms with Crippen molar-refractivity contribution in [2.24, 2.45) is 0 Å². The first kappa shape index (κ1) is 18.5. The van der Waals surface area contributed by atoms with E-state index in [1.807, 2.05) is 22.9 Å². The summed E-state index contributed by atoms with van der Waals surface area (Å²) in [7, 11) is 0. The smallest absolute Gasteiger partial charge is 0.320 e. The fourth-order valence-electron chi connectivity index (χ4n) is 3.58. The summed E-state index contributed by atoms with van der Waals surface area (Å²) in [5.74, 6) is 0.619. The summed E-state index contributed by atoms with van der Waals surface area (Å²) in [6, 6.07) is 8.91. The Balaban J connectivity index is 1.55. The molecule has 3 heterocycles. The molecule has 0 aliphatic carbocycles. The predicted molar refractivity (Wildman–Crippen MR) is 98.2 cm³/mol. The van der Waals surface area contributed by atoms with E-state index in [2.05, 4.69) is 14.9 Å². The number of rotatable bonds is 3. The van der Waals surface area contributed by atoms with E-state index in [-0.39, 0.29) is 5.56 Å². The van der Waals surface area contributed by atoms with Gasteiger partial charge in [0.25, 0.3) is 5.56 Å². The topological polar surface area (TPSA) is 53.9 Å². The molecular formula is C20H19F3N4O. The van der Waals surface area contributed by atoms with Crippen molar-refractivity contribution in [2.45, 2.75) is 32.6 Å². The molecule has 28 heavy (non-hydrogen) atoms. The van der Waals surface area contributed by atoms with Crippen LogP contribution in [0.3, 0.4) is 0 Å². The van der Waals surface area contributed by atoms with Crippen LogP contribution in [-0.4, -0.2) is 26.0 Å². The zero-order valence-electron chi connectivity index (χ0n) is 15.3. The highest BCUT2D eigenvalue weighted by atomic mass is 19.4. The molecule has 0 bridgehead atoms. The van der Waals surface area contributed by atoms with Gasteiger partial charge in [0, 0.05) is 43.6 Å². The number of nitrogens with zero attached hydrogens (tertiary/aromatic N) is 3. The molecule has 0 spiro atoms. The van der Waals surface area contributed by atoms with Crippen molar-refractivity contribution in [1.29, 1.82) is 0 Å². The Morgan fingerprint density at radius 1 is 1.18 bits per heavy atom. The lowest BCUT2D eigenvalue weighted by Crippen LogP contribution is -2.36. The fraction of sp³-hybridized carbons (Fsp3) is 0.300. The molecule has 1 aliphatic rings. The summed E-state index contributed by atoms with van der Waals surface area (Å²) in [6.07, 6.45) is -1.83. The Kier molecular flexibility index (Phi) is 4.58. The highest BCUT2D eigenvalue weighted by Gasteiger charge is 2.30. The van der Waals surface area contributed by atoms with Crippen LogP contribution in [0.4, 0.5) is 13.2 Å². The van der Waals surface area contributed by atoms with Crippen molar-refractivity contribution in [3.63, 3.8) is 0 Å². The maximum Gasteiger partial charge on any atom is 0.416 e. The van der Waals surface area contributed by atoms with E-state index in [1.54, 1.807) is 6.92 Å². The second-order valence-corrected chi connectivity index (χ2v) is 6.95. The Bertz CT molecular complexity index is 1050. The molecule has 0 atom stereocenters. The minimum atomic E-state index is -4.35. The van der Waals surface area contributed by atoms with Gasteiger partial charge in [-0.2, -0.15) is 13.2 Å². The number of aryl methyl sites for hydroxylation is 1. The zero-order valence-corrected chi connectivity index (χ0v) is 15.3. The number of H-pyrrole nitrogens is 1. The Labute approximate surface area is 159 Å². The molecule has 146 valence electrons. The van der Waals surface area contributed by atoms with Gasteiger partial charge >= 0.3 is 6.18 Å². The van der Waals surface area contributed by atoms with Gasteiger partial charge in [-0.1, -0.05) is 0 Å². The van der Waals surface area contributed by atoms with Crippen LogP contribution in [-0.2, 0) is 25.7 Å². The third-order valence-corrected chi connectivity index (χ3v) is 4.96. The number of hydrogen-bond donors (Lipinski definition) is 1. The first-order valence-corrected chi connectivity index (χ1v) is 8.96. The van der Waals surface area contributed by atoms with Gasteiger partial charge in [-0.15, -0.1) is 0 Å². The Hall–Kier alpha value is -2.87. The molecule has 0 unspecified atom stereocenters. The van der Waals surface area contributed by atoms with E-state index in [9.17, 15) is 18.0 Å². The second-order valence-electron chi connectivity index (χ2n) is 6.95. The quantitative estimate of drug-likeness (QED) is 0.748. The van der Waals surface area contributed by atoms with Gasteiger partial charge in [0.05, 0.1) is 16.8 Å². The maximum absolute atomic E-state index is 12.8. The van der Waals surface area contributed by atoms with Gasteiger partial charge in [0.2, 0.25) is 0 Å². The summed E-state index contributed by atoms with van der Waals surface area (Å²) in [5, 5.41) is 0. The van der Waals surface area contributed by atoms with Crippen molar-refractivity contribution in [2.75, 3.05) is 6.54 Å². The zero-order chi connectivity index (χ0) is 19.9. The van der Waals surface area contributed by atoms with Crippen LogP contribution in [0.2, 0.25) is 0 Å². The summed E-state index contributed by atoms with van der Waals surface area (Å²) in [4.78, 5) is 21.5. The van der Waals surface area contributed by atoms with E-state index in [1.165, 1.54) is 12.1 Å². The van der Waals surface area contributed by atoms with Crippen molar-refractivity contribution >= 4 is 0 Å². The molecular weight excluding hydrogens is 369 g/mol. The average molecular weight is 388 g/mol. The summed E-state index contributed by atoms with van der Waals surface area (Å²) >= 11 is 0. The number of halogens is 3. The van der Waals surface area contributed by atoms with Gasteiger partial charge in [-0.25, -0.2) is 4.98 Å². The fourth-order valence-corrected chi connectivity index (χ4v) is 3.58. The second kappa shape index (κ2) is 6.94. The SMILES string of the molecule is Cc1nc2c(c(=O)[nH]1)CN(Cc1cccn1-c1ccc(C(F)(F)F)cc1)CC2. The van der Waals surface area contributed by atoms with E-state index >= 15 is 0 Å². The van der Waals surface area contributed by atoms with Gasteiger partial charge in [-0.05, 0) is 43.3 Å². The molecule has 3 aromatic rings. The van der Waals surface area contributed by atoms with Crippen molar-refractivity contribution < 1.29 is 13.2 Å². The molecule has 5 nitrogen and oxygen atoms in total. The number of benzene rings is 1. The molecule has 0 saturated carbocycles. The number of aromatic nitrogens is 3. The van der Waals surface area contributed by atoms with Gasteiger partial charge in [0.15, 0.2) is 0 Å². The number of fused-ring (bicyclic) bond motifs is 1. The van der Waals surface area contributed by atoms with Crippen LogP contribution in [0.5, 0.6) is 0 Å². The number of aromatic amines is 1. The molecule has 0 fully saturated rings. The highest BCUT2D eigenvalue weighted by molar-refractivity contribution is 5.38. The number of hydrogen-bond acceptors (Lipinski definition) is 3. The Morgan fingerprint density at radius 3 is 2.64 bits per heavy atom. The van der Waals surface area contributed by atoms with E-state index in [0.29, 0.717) is 36.6 Å². The predicted octanol–water partition coefficient (Wildman–Crippen LogP) is 3.45. The summed E-state index contributed by atoms with van der Waals surface area (Å²) < 4.78 is 40.2. The van der Waals surface area contributed by atoms with Crippen LogP contribution in [0.25, 0.3) is 5.69 Å². The minimum absolute atomic E-state index is 0.106. The molecule has 0 amide bonds. The van der Waals surface area contributed by atoms with Gasteiger partial charge in [0.1, 0.15) is 5.82 Å². The summed E-state index contributed by atoms with van der Waals surface area (Å²) in [6.45, 7) is 3.61. The third-order valence-electron chi connectivity index (χ3n) is 4.96. The number of alkyl halides is 3. The van der Waals surface area contributed by atoms with Crippen molar-refractivity contribution in [3.05, 3.63) is 81.3 Å². The lowest BCUT2D eigenvalue weighted by Gasteiger charge is -2.28. The van der Waals surface area contributed by atoms with Crippen LogP contribution < -0.4 is 5.56 Å². The normalized spacial score (nSPS) is 14.9. The first-order chi connectivity index (χ1) is 13.3. The first-order valence-electron chi connectivity index (χ1n) is 8.96. The lowest BCUT2D eigenvalue weighted by atomic mass is 10.1. The molecule has 0 radical (unpaired) electrons. The molecule has 4 rings (SSSR count). The van der Waals surface area contributed by atoms with Gasteiger partial charge in [-0.3, -0.25) is 9.69 Å². The molecule has 8 heteroatoms.